The van der Waals surface area contributed by atoms with Crippen LogP contribution in [-0.4, -0.2) is 17.0 Å². The molecule has 1 heterocycles. The third kappa shape index (κ3) is 2.52. The van der Waals surface area contributed by atoms with Gasteiger partial charge in [0.15, 0.2) is 17.5 Å². The number of anilines is 1. The molecule has 20 heavy (non-hydrogen) atoms. The lowest BCUT2D eigenvalue weighted by Gasteiger charge is -2.12. The zero-order valence-electron chi connectivity index (χ0n) is 11.4. The summed E-state index contributed by atoms with van der Waals surface area (Å²) >= 11 is 3.06. The predicted molar refractivity (Wildman–Crippen MR) is 78.7 cm³/mol. The second-order valence-corrected chi connectivity index (χ2v) is 5.08. The topological polar surface area (TPSA) is 37.8 Å². The van der Waals surface area contributed by atoms with Crippen LogP contribution in [0.1, 0.15) is 18.2 Å². The molecule has 0 saturated carbocycles. The molecule has 0 bridgehead atoms. The van der Waals surface area contributed by atoms with E-state index in [0.29, 0.717) is 17.2 Å². The molecule has 0 aliphatic carbocycles. The minimum absolute atomic E-state index is 0.0307. The van der Waals surface area contributed by atoms with Crippen molar-refractivity contribution >= 4 is 21.7 Å². The zero-order valence-corrected chi connectivity index (χ0v) is 13.0. The van der Waals surface area contributed by atoms with Gasteiger partial charge in [-0.05, 0) is 41.4 Å². The second-order valence-electron chi connectivity index (χ2n) is 4.29. The first-order valence-electron chi connectivity index (χ1n) is 6.18. The lowest BCUT2D eigenvalue weighted by Crippen LogP contribution is -2.05. The van der Waals surface area contributed by atoms with Crippen LogP contribution in [0.5, 0.6) is 0 Å². The fraction of sp³-hybridized carbons (Fsp3) is 0.286. The van der Waals surface area contributed by atoms with E-state index in [1.54, 1.807) is 7.05 Å². The molecule has 1 aromatic carbocycles. The van der Waals surface area contributed by atoms with E-state index in [9.17, 15) is 8.78 Å². The molecular formula is C14H14BrF2N3. The summed E-state index contributed by atoms with van der Waals surface area (Å²) in [4.78, 5) is 8.77. The molecular weight excluding hydrogens is 328 g/mol. The van der Waals surface area contributed by atoms with E-state index in [1.807, 2.05) is 13.8 Å². The van der Waals surface area contributed by atoms with Crippen molar-refractivity contribution in [2.75, 3.05) is 12.4 Å². The largest absolute Gasteiger partial charge is 0.373 e. The zero-order chi connectivity index (χ0) is 14.9. The van der Waals surface area contributed by atoms with Crippen LogP contribution in [0.3, 0.4) is 0 Å². The molecule has 2 rings (SSSR count). The smallest absolute Gasteiger partial charge is 0.173 e. The van der Waals surface area contributed by atoms with Crippen LogP contribution < -0.4 is 5.32 Å². The van der Waals surface area contributed by atoms with Gasteiger partial charge < -0.3 is 5.32 Å². The average molecular weight is 342 g/mol. The Kier molecular flexibility index (Phi) is 4.32. The van der Waals surface area contributed by atoms with Gasteiger partial charge in [0.25, 0.3) is 0 Å². The van der Waals surface area contributed by atoms with Gasteiger partial charge in [-0.15, -0.1) is 0 Å². The molecule has 106 valence electrons. The molecule has 6 heteroatoms. The first kappa shape index (κ1) is 14.8. The first-order valence-corrected chi connectivity index (χ1v) is 6.98. The Morgan fingerprint density at radius 1 is 1.25 bits per heavy atom. The Bertz CT molecular complexity index is 659. The van der Waals surface area contributed by atoms with Crippen LogP contribution in [0.4, 0.5) is 14.6 Å². The molecule has 0 unspecified atom stereocenters. The van der Waals surface area contributed by atoms with E-state index < -0.39 is 11.6 Å². The van der Waals surface area contributed by atoms with Gasteiger partial charge in [0.05, 0.1) is 4.47 Å². The molecule has 0 fully saturated rings. The highest BCUT2D eigenvalue weighted by molar-refractivity contribution is 9.10. The standard InChI is InChI=1S/C14H14BrF2N3/c1-4-8-7(2)19-14(20-13(8)18-3)9-5-6-10(16)12(17)11(9)15/h5-6H,4H2,1-3H3,(H,18,19,20). The normalized spacial score (nSPS) is 10.7. The third-order valence-electron chi connectivity index (χ3n) is 3.08. The molecule has 0 aliphatic rings. The Balaban J connectivity index is 2.65. The number of nitrogens with zero attached hydrogens (tertiary/aromatic N) is 2. The Labute approximate surface area is 124 Å². The second kappa shape index (κ2) is 5.83. The van der Waals surface area contributed by atoms with Crippen molar-refractivity contribution in [1.82, 2.24) is 9.97 Å². The highest BCUT2D eigenvalue weighted by Crippen LogP contribution is 2.31. The number of halogens is 3. The van der Waals surface area contributed by atoms with E-state index in [1.165, 1.54) is 6.07 Å². The maximum absolute atomic E-state index is 13.6. The molecule has 0 aliphatic heterocycles. The average Bonchev–Trinajstić information content (AvgIpc) is 2.44. The molecule has 0 saturated heterocycles. The maximum atomic E-state index is 13.6. The summed E-state index contributed by atoms with van der Waals surface area (Å²) in [6.45, 7) is 3.89. The van der Waals surface area contributed by atoms with Crippen LogP contribution in [0, 0.1) is 18.6 Å². The van der Waals surface area contributed by atoms with Crippen molar-refractivity contribution in [1.29, 1.82) is 0 Å². The van der Waals surface area contributed by atoms with Crippen molar-refractivity contribution in [3.63, 3.8) is 0 Å². The fourth-order valence-corrected chi connectivity index (χ4v) is 2.54. The van der Waals surface area contributed by atoms with Crippen LogP contribution in [-0.2, 0) is 6.42 Å². The fourth-order valence-electron chi connectivity index (χ4n) is 2.05. The lowest BCUT2D eigenvalue weighted by molar-refractivity contribution is 0.504. The van der Waals surface area contributed by atoms with Gasteiger partial charge in [-0.2, -0.15) is 0 Å². The first-order chi connectivity index (χ1) is 9.49. The van der Waals surface area contributed by atoms with Gasteiger partial charge in [0.1, 0.15) is 5.82 Å². The summed E-state index contributed by atoms with van der Waals surface area (Å²) in [7, 11) is 1.77. The minimum atomic E-state index is -0.936. The lowest BCUT2D eigenvalue weighted by atomic mass is 10.1. The third-order valence-corrected chi connectivity index (χ3v) is 3.86. The summed E-state index contributed by atoms with van der Waals surface area (Å²) < 4.78 is 26.8. The highest BCUT2D eigenvalue weighted by atomic mass is 79.9. The number of aryl methyl sites for hydroxylation is 1. The molecule has 2 aromatic rings. The quantitative estimate of drug-likeness (QED) is 0.854. The molecule has 0 amide bonds. The Morgan fingerprint density at radius 2 is 1.95 bits per heavy atom. The highest BCUT2D eigenvalue weighted by Gasteiger charge is 2.17. The monoisotopic (exact) mass is 341 g/mol. The predicted octanol–water partition coefficient (Wildman–Crippen LogP) is 4.10. The molecule has 1 aromatic heterocycles. The van der Waals surface area contributed by atoms with E-state index in [4.69, 9.17) is 0 Å². The number of rotatable bonds is 3. The maximum Gasteiger partial charge on any atom is 0.173 e. The van der Waals surface area contributed by atoms with Crippen molar-refractivity contribution in [2.45, 2.75) is 20.3 Å². The summed E-state index contributed by atoms with van der Waals surface area (Å²) in [5.74, 6) is -0.785. The van der Waals surface area contributed by atoms with Crippen molar-refractivity contribution in [2.24, 2.45) is 0 Å². The van der Waals surface area contributed by atoms with E-state index in [-0.39, 0.29) is 4.47 Å². The number of hydrogen-bond acceptors (Lipinski definition) is 3. The summed E-state index contributed by atoms with van der Waals surface area (Å²) in [5.41, 5.74) is 2.25. The number of hydrogen-bond donors (Lipinski definition) is 1. The SMILES string of the molecule is CCc1c(C)nc(-c2ccc(F)c(F)c2Br)nc1NC. The van der Waals surface area contributed by atoms with Gasteiger partial charge in [-0.25, -0.2) is 18.7 Å². The number of benzene rings is 1. The van der Waals surface area contributed by atoms with E-state index in [0.717, 1.165) is 23.7 Å². The molecule has 0 atom stereocenters. The van der Waals surface area contributed by atoms with Gasteiger partial charge >= 0.3 is 0 Å². The number of nitrogens with one attached hydrogen (secondary N) is 1. The van der Waals surface area contributed by atoms with Crippen LogP contribution >= 0.6 is 15.9 Å². The van der Waals surface area contributed by atoms with Crippen molar-refractivity contribution < 1.29 is 8.78 Å². The Hall–Kier alpha value is -1.56. The molecule has 3 nitrogen and oxygen atoms in total. The molecule has 0 radical (unpaired) electrons. The number of aromatic nitrogens is 2. The van der Waals surface area contributed by atoms with Crippen LogP contribution in [0.25, 0.3) is 11.4 Å². The summed E-state index contributed by atoms with van der Waals surface area (Å²) in [5, 5.41) is 3.01. The Morgan fingerprint density at radius 3 is 2.55 bits per heavy atom. The van der Waals surface area contributed by atoms with Gasteiger partial charge in [-0.3, -0.25) is 0 Å². The van der Waals surface area contributed by atoms with Crippen LogP contribution in [0.15, 0.2) is 16.6 Å². The van der Waals surface area contributed by atoms with E-state index in [2.05, 4.69) is 31.2 Å². The summed E-state index contributed by atoms with van der Waals surface area (Å²) in [6.07, 6.45) is 0.793. The molecule has 0 spiro atoms. The van der Waals surface area contributed by atoms with Crippen molar-refractivity contribution in [3.05, 3.63) is 39.5 Å². The van der Waals surface area contributed by atoms with Crippen LogP contribution in [0.2, 0.25) is 0 Å². The van der Waals surface area contributed by atoms with Gasteiger partial charge in [0.2, 0.25) is 0 Å². The molecule has 1 N–H and O–H groups in total. The van der Waals surface area contributed by atoms with Gasteiger partial charge in [-0.1, -0.05) is 6.92 Å². The van der Waals surface area contributed by atoms with Gasteiger partial charge in [0, 0.05) is 23.9 Å². The van der Waals surface area contributed by atoms with E-state index >= 15 is 0 Å². The summed E-state index contributed by atoms with van der Waals surface area (Å²) in [6, 6.07) is 2.53. The van der Waals surface area contributed by atoms with Crippen molar-refractivity contribution in [3.8, 4) is 11.4 Å². The minimum Gasteiger partial charge on any atom is -0.373 e.